The fourth-order valence-electron chi connectivity index (χ4n) is 2.41. The van der Waals surface area contributed by atoms with Gasteiger partial charge in [-0.2, -0.15) is 0 Å². The van der Waals surface area contributed by atoms with Crippen molar-refractivity contribution in [3.05, 3.63) is 60.2 Å². The molecule has 4 N–H and O–H groups in total. The van der Waals surface area contributed by atoms with Crippen LogP contribution in [0.1, 0.15) is 10.4 Å². The maximum Gasteiger partial charge on any atom is 0.259 e. The van der Waals surface area contributed by atoms with E-state index in [1.807, 2.05) is 54.8 Å². The van der Waals surface area contributed by atoms with E-state index in [0.717, 1.165) is 15.7 Å². The molecule has 3 rings (SSSR count). The number of nitrogens with one attached hydrogen (secondary N) is 1. The van der Waals surface area contributed by atoms with E-state index in [1.165, 1.54) is 0 Å². The van der Waals surface area contributed by atoms with Gasteiger partial charge in [0.05, 0.1) is 11.3 Å². The maximum atomic E-state index is 12.5. The molecule has 0 aromatic heterocycles. The molecule has 0 aliphatic rings. The standard InChI is InChI=1S/C18H16N2O2S/c1-23-13-8-6-12(7-9-13)20-18(22)15-10-11-4-2-3-5-14(11)16(19)17(15)21/h2-10,21H,19H2,1H3,(H,20,22). The third-order valence-electron chi connectivity index (χ3n) is 3.65. The second kappa shape index (κ2) is 6.22. The first kappa shape index (κ1) is 15.2. The Morgan fingerprint density at radius 1 is 1.13 bits per heavy atom. The van der Waals surface area contributed by atoms with Gasteiger partial charge in [-0.05, 0) is 42.0 Å². The van der Waals surface area contributed by atoms with Crippen molar-refractivity contribution in [2.24, 2.45) is 0 Å². The summed E-state index contributed by atoms with van der Waals surface area (Å²) in [4.78, 5) is 13.6. The molecule has 116 valence electrons. The summed E-state index contributed by atoms with van der Waals surface area (Å²) < 4.78 is 0. The fraction of sp³-hybridized carbons (Fsp3) is 0.0556. The number of aromatic hydroxyl groups is 1. The number of hydrogen-bond acceptors (Lipinski definition) is 4. The smallest absolute Gasteiger partial charge is 0.259 e. The number of thioether (sulfide) groups is 1. The lowest BCUT2D eigenvalue weighted by Gasteiger charge is -2.11. The van der Waals surface area contributed by atoms with Gasteiger partial charge in [0.15, 0.2) is 5.75 Å². The fourth-order valence-corrected chi connectivity index (χ4v) is 2.82. The van der Waals surface area contributed by atoms with Crippen LogP contribution in [0.3, 0.4) is 0 Å². The lowest BCUT2D eigenvalue weighted by molar-refractivity contribution is 0.102. The molecule has 23 heavy (non-hydrogen) atoms. The van der Waals surface area contributed by atoms with Crippen molar-refractivity contribution in [3.8, 4) is 5.75 Å². The number of phenols is 1. The van der Waals surface area contributed by atoms with Crippen LogP contribution in [-0.4, -0.2) is 17.3 Å². The molecular formula is C18H16N2O2S. The Bertz CT molecular complexity index is 876. The highest BCUT2D eigenvalue weighted by molar-refractivity contribution is 7.98. The second-order valence-corrected chi connectivity index (χ2v) is 5.97. The van der Waals surface area contributed by atoms with Crippen LogP contribution in [0.25, 0.3) is 10.8 Å². The van der Waals surface area contributed by atoms with Gasteiger partial charge in [-0.25, -0.2) is 0 Å². The normalized spacial score (nSPS) is 10.7. The number of hydrogen-bond donors (Lipinski definition) is 3. The predicted octanol–water partition coefficient (Wildman–Crippen LogP) is 4.10. The first-order valence-corrected chi connectivity index (χ1v) is 8.28. The Morgan fingerprint density at radius 2 is 1.83 bits per heavy atom. The van der Waals surface area contributed by atoms with Gasteiger partial charge < -0.3 is 16.2 Å². The SMILES string of the molecule is CSc1ccc(NC(=O)c2cc3ccccc3c(N)c2O)cc1. The molecule has 3 aromatic carbocycles. The van der Waals surface area contributed by atoms with Gasteiger partial charge in [0.1, 0.15) is 0 Å². The van der Waals surface area contributed by atoms with Gasteiger partial charge in [0, 0.05) is 16.0 Å². The van der Waals surface area contributed by atoms with Crippen molar-refractivity contribution in [3.63, 3.8) is 0 Å². The summed E-state index contributed by atoms with van der Waals surface area (Å²) in [6, 6.07) is 16.5. The molecule has 0 atom stereocenters. The van der Waals surface area contributed by atoms with Crippen LogP contribution in [0.2, 0.25) is 0 Å². The van der Waals surface area contributed by atoms with Crippen LogP contribution in [0.15, 0.2) is 59.5 Å². The van der Waals surface area contributed by atoms with Gasteiger partial charge in [0.25, 0.3) is 5.91 Å². The van der Waals surface area contributed by atoms with E-state index < -0.39 is 5.91 Å². The van der Waals surface area contributed by atoms with E-state index in [4.69, 9.17) is 5.73 Å². The van der Waals surface area contributed by atoms with Crippen molar-refractivity contribution in [2.75, 3.05) is 17.3 Å². The molecule has 5 heteroatoms. The average Bonchev–Trinajstić information content (AvgIpc) is 2.58. The number of rotatable bonds is 3. The molecular weight excluding hydrogens is 308 g/mol. The summed E-state index contributed by atoms with van der Waals surface area (Å²) in [5, 5.41) is 14.6. The minimum Gasteiger partial charge on any atom is -0.505 e. The van der Waals surface area contributed by atoms with Crippen LogP contribution in [0, 0.1) is 0 Å². The Hall–Kier alpha value is -2.66. The lowest BCUT2D eigenvalue weighted by atomic mass is 10.0. The average molecular weight is 324 g/mol. The highest BCUT2D eigenvalue weighted by atomic mass is 32.2. The molecule has 4 nitrogen and oxygen atoms in total. The van der Waals surface area contributed by atoms with E-state index in [1.54, 1.807) is 17.8 Å². The quantitative estimate of drug-likeness (QED) is 0.385. The number of carbonyl (C=O) groups excluding carboxylic acids is 1. The van der Waals surface area contributed by atoms with E-state index in [2.05, 4.69) is 5.32 Å². The molecule has 0 heterocycles. The number of nitrogen functional groups attached to an aromatic ring is 1. The Morgan fingerprint density at radius 3 is 2.52 bits per heavy atom. The van der Waals surface area contributed by atoms with Gasteiger partial charge >= 0.3 is 0 Å². The first-order chi connectivity index (χ1) is 11.1. The minimum atomic E-state index is -0.392. The number of carbonyl (C=O) groups is 1. The molecule has 0 bridgehead atoms. The summed E-state index contributed by atoms with van der Waals surface area (Å²) in [5.41, 5.74) is 7.00. The highest BCUT2D eigenvalue weighted by Gasteiger charge is 2.16. The van der Waals surface area contributed by atoms with E-state index in [-0.39, 0.29) is 17.0 Å². The predicted molar refractivity (Wildman–Crippen MR) is 96.2 cm³/mol. The summed E-state index contributed by atoms with van der Waals surface area (Å²) in [7, 11) is 0. The number of fused-ring (bicyclic) bond motifs is 1. The second-order valence-electron chi connectivity index (χ2n) is 5.09. The van der Waals surface area contributed by atoms with Gasteiger partial charge in [-0.3, -0.25) is 4.79 Å². The molecule has 0 unspecified atom stereocenters. The van der Waals surface area contributed by atoms with Gasteiger partial charge in [-0.15, -0.1) is 11.8 Å². The molecule has 0 radical (unpaired) electrons. The zero-order valence-electron chi connectivity index (χ0n) is 12.5. The van der Waals surface area contributed by atoms with Gasteiger partial charge in [0.2, 0.25) is 0 Å². The lowest BCUT2D eigenvalue weighted by Crippen LogP contribution is -2.12. The van der Waals surface area contributed by atoms with Crippen molar-refractivity contribution in [1.82, 2.24) is 0 Å². The topological polar surface area (TPSA) is 75.4 Å². The van der Waals surface area contributed by atoms with Crippen molar-refractivity contribution in [1.29, 1.82) is 0 Å². The monoisotopic (exact) mass is 324 g/mol. The summed E-state index contributed by atoms with van der Waals surface area (Å²) in [6.45, 7) is 0. The molecule has 0 fully saturated rings. The number of amides is 1. The summed E-state index contributed by atoms with van der Waals surface area (Å²) in [5.74, 6) is -0.584. The number of nitrogens with two attached hydrogens (primary N) is 1. The highest BCUT2D eigenvalue weighted by Crippen LogP contribution is 2.34. The van der Waals surface area contributed by atoms with Crippen molar-refractivity contribution >= 4 is 39.8 Å². The molecule has 0 aliphatic carbocycles. The first-order valence-electron chi connectivity index (χ1n) is 7.05. The summed E-state index contributed by atoms with van der Waals surface area (Å²) in [6.07, 6.45) is 1.99. The molecule has 0 aliphatic heterocycles. The zero-order chi connectivity index (χ0) is 16.4. The third kappa shape index (κ3) is 2.96. The van der Waals surface area contributed by atoms with Crippen LogP contribution < -0.4 is 11.1 Å². The molecule has 0 spiro atoms. The number of benzene rings is 3. The Balaban J connectivity index is 1.95. The molecule has 0 saturated carbocycles. The Kier molecular flexibility index (Phi) is 4.12. The zero-order valence-corrected chi connectivity index (χ0v) is 13.4. The minimum absolute atomic E-state index is 0.162. The largest absolute Gasteiger partial charge is 0.505 e. The van der Waals surface area contributed by atoms with Crippen LogP contribution >= 0.6 is 11.8 Å². The van der Waals surface area contributed by atoms with Crippen LogP contribution in [0.4, 0.5) is 11.4 Å². The van der Waals surface area contributed by atoms with E-state index in [0.29, 0.717) is 5.69 Å². The molecule has 1 amide bonds. The number of phenolic OH excluding ortho intramolecular Hbond substituents is 1. The van der Waals surface area contributed by atoms with E-state index in [9.17, 15) is 9.90 Å². The van der Waals surface area contributed by atoms with Gasteiger partial charge in [-0.1, -0.05) is 24.3 Å². The summed E-state index contributed by atoms with van der Waals surface area (Å²) >= 11 is 1.63. The van der Waals surface area contributed by atoms with Crippen molar-refractivity contribution < 1.29 is 9.90 Å². The number of anilines is 2. The molecule has 3 aromatic rings. The molecule has 0 saturated heterocycles. The van der Waals surface area contributed by atoms with E-state index >= 15 is 0 Å². The maximum absolute atomic E-state index is 12.5. The van der Waals surface area contributed by atoms with Crippen LogP contribution in [0.5, 0.6) is 5.75 Å². The third-order valence-corrected chi connectivity index (χ3v) is 4.40. The van der Waals surface area contributed by atoms with Crippen molar-refractivity contribution in [2.45, 2.75) is 4.90 Å². The van der Waals surface area contributed by atoms with Crippen LogP contribution in [-0.2, 0) is 0 Å². The Labute approximate surface area is 138 Å².